The number of benzene rings is 3. The van der Waals surface area contributed by atoms with Crippen LogP contribution in [-0.4, -0.2) is 25.7 Å². The van der Waals surface area contributed by atoms with Gasteiger partial charge in [0.2, 0.25) is 0 Å². The van der Waals surface area contributed by atoms with Gasteiger partial charge in [0.1, 0.15) is 18.1 Å². The van der Waals surface area contributed by atoms with E-state index in [0.717, 1.165) is 44.5 Å². The number of hydrogen-bond donors (Lipinski definition) is 2. The molecule has 4 rings (SSSR count). The van der Waals surface area contributed by atoms with Crippen LogP contribution in [0.1, 0.15) is 37.5 Å². The number of esters is 1. The van der Waals surface area contributed by atoms with Crippen molar-refractivity contribution in [1.29, 1.82) is 0 Å². The number of ether oxygens (including phenoxy) is 3. The summed E-state index contributed by atoms with van der Waals surface area (Å²) in [6.45, 7) is 7.03. The summed E-state index contributed by atoms with van der Waals surface area (Å²) in [5, 5.41) is 4.46. The quantitative estimate of drug-likeness (QED) is 0.240. The Morgan fingerprint density at radius 1 is 1.05 bits per heavy atom. The predicted molar refractivity (Wildman–Crippen MR) is 146 cm³/mol. The Bertz CT molecular complexity index is 1380. The summed E-state index contributed by atoms with van der Waals surface area (Å²) in [6.07, 6.45) is 1.84. The van der Waals surface area contributed by atoms with Crippen LogP contribution in [0.25, 0.3) is 22.1 Å². The number of nitrogens with one attached hydrogen (secondary N) is 1. The number of carbonyl (C=O) groups is 1. The van der Waals surface area contributed by atoms with E-state index in [1.807, 2.05) is 18.2 Å². The second-order valence-electron chi connectivity index (χ2n) is 9.11. The Kier molecular flexibility index (Phi) is 8.36. The lowest BCUT2D eigenvalue weighted by Gasteiger charge is -2.14. The summed E-state index contributed by atoms with van der Waals surface area (Å²) < 4.78 is 22.7. The molecule has 0 radical (unpaired) electrons. The standard InChI is InChI=1S/C30H34N2O5/c1-5-35-29(33)14-22-9-10-25(34-4)15-28(22)36-17-24-18-37-30-26(24)12-23(13-27(30)32-19(2)3)21-8-6-7-20(11-21)16-31/h6-13,15,18-19,32H,5,14,16-17,31H2,1-4H3. The third-order valence-corrected chi connectivity index (χ3v) is 5.99. The van der Waals surface area contributed by atoms with Gasteiger partial charge in [-0.25, -0.2) is 0 Å². The molecule has 37 heavy (non-hydrogen) atoms. The van der Waals surface area contributed by atoms with E-state index < -0.39 is 0 Å². The average Bonchev–Trinajstić information content (AvgIpc) is 3.31. The zero-order valence-corrected chi connectivity index (χ0v) is 21.8. The van der Waals surface area contributed by atoms with E-state index in [4.69, 9.17) is 24.4 Å². The van der Waals surface area contributed by atoms with Crippen LogP contribution in [0, 0.1) is 0 Å². The second-order valence-corrected chi connectivity index (χ2v) is 9.11. The molecular formula is C30H34N2O5. The fraction of sp³-hybridized carbons (Fsp3) is 0.300. The van der Waals surface area contributed by atoms with Crippen LogP contribution < -0.4 is 20.5 Å². The van der Waals surface area contributed by atoms with Crippen LogP contribution in [0.4, 0.5) is 5.69 Å². The molecule has 4 aromatic rings. The van der Waals surface area contributed by atoms with Gasteiger partial charge in [0, 0.05) is 35.2 Å². The highest BCUT2D eigenvalue weighted by Gasteiger charge is 2.17. The Morgan fingerprint density at radius 2 is 1.89 bits per heavy atom. The van der Waals surface area contributed by atoms with E-state index in [2.05, 4.69) is 43.4 Å². The molecule has 7 nitrogen and oxygen atoms in total. The van der Waals surface area contributed by atoms with Crippen molar-refractivity contribution < 1.29 is 23.4 Å². The van der Waals surface area contributed by atoms with E-state index in [9.17, 15) is 4.79 Å². The van der Waals surface area contributed by atoms with Crippen molar-refractivity contribution in [2.75, 3.05) is 19.0 Å². The Balaban J connectivity index is 1.70. The van der Waals surface area contributed by atoms with Gasteiger partial charge < -0.3 is 29.7 Å². The van der Waals surface area contributed by atoms with Gasteiger partial charge in [-0.05, 0) is 61.7 Å². The fourth-order valence-electron chi connectivity index (χ4n) is 4.23. The van der Waals surface area contributed by atoms with E-state index in [-0.39, 0.29) is 25.0 Å². The fourth-order valence-corrected chi connectivity index (χ4v) is 4.23. The first kappa shape index (κ1) is 26.1. The van der Waals surface area contributed by atoms with Crippen molar-refractivity contribution in [2.24, 2.45) is 5.73 Å². The number of anilines is 1. The SMILES string of the molecule is CCOC(=O)Cc1ccc(OC)cc1OCc1coc2c(NC(C)C)cc(-c3cccc(CN)c3)cc12. The highest BCUT2D eigenvalue weighted by atomic mass is 16.5. The maximum absolute atomic E-state index is 12.1. The number of hydrogen-bond acceptors (Lipinski definition) is 7. The van der Waals surface area contributed by atoms with Crippen LogP contribution in [0.2, 0.25) is 0 Å². The first-order chi connectivity index (χ1) is 17.9. The summed E-state index contributed by atoms with van der Waals surface area (Å²) in [5.41, 5.74) is 12.4. The van der Waals surface area contributed by atoms with E-state index in [0.29, 0.717) is 24.7 Å². The van der Waals surface area contributed by atoms with Gasteiger partial charge in [0.15, 0.2) is 5.58 Å². The molecule has 0 unspecified atom stereocenters. The number of nitrogens with two attached hydrogens (primary N) is 1. The molecule has 0 atom stereocenters. The largest absolute Gasteiger partial charge is 0.497 e. The molecule has 0 amide bonds. The number of furan rings is 1. The molecule has 194 valence electrons. The number of fused-ring (bicyclic) bond motifs is 1. The minimum absolute atomic E-state index is 0.114. The topological polar surface area (TPSA) is 96.0 Å². The van der Waals surface area contributed by atoms with Crippen molar-refractivity contribution >= 4 is 22.6 Å². The lowest BCUT2D eigenvalue weighted by molar-refractivity contribution is -0.142. The normalized spacial score (nSPS) is 11.1. The third kappa shape index (κ3) is 6.24. The van der Waals surface area contributed by atoms with Crippen LogP contribution in [0.3, 0.4) is 0 Å². The van der Waals surface area contributed by atoms with Gasteiger partial charge in [-0.1, -0.05) is 24.3 Å². The van der Waals surface area contributed by atoms with Crippen LogP contribution in [0.15, 0.2) is 65.3 Å². The first-order valence-corrected chi connectivity index (χ1v) is 12.5. The summed E-state index contributed by atoms with van der Waals surface area (Å²) >= 11 is 0. The van der Waals surface area contributed by atoms with Crippen molar-refractivity contribution in [3.05, 3.63) is 77.6 Å². The molecule has 3 N–H and O–H groups in total. The summed E-state index contributed by atoms with van der Waals surface area (Å²) in [4.78, 5) is 12.1. The third-order valence-electron chi connectivity index (χ3n) is 5.99. The number of rotatable bonds is 11. The van der Waals surface area contributed by atoms with Crippen molar-refractivity contribution in [3.63, 3.8) is 0 Å². The molecule has 0 spiro atoms. The van der Waals surface area contributed by atoms with Crippen molar-refractivity contribution in [3.8, 4) is 22.6 Å². The van der Waals surface area contributed by atoms with Crippen LogP contribution in [0.5, 0.6) is 11.5 Å². The van der Waals surface area contributed by atoms with Gasteiger partial charge in [-0.3, -0.25) is 4.79 Å². The Hall–Kier alpha value is -3.97. The zero-order valence-electron chi connectivity index (χ0n) is 21.8. The van der Waals surface area contributed by atoms with Gasteiger partial charge in [0.25, 0.3) is 0 Å². The summed E-state index contributed by atoms with van der Waals surface area (Å²) in [5.74, 6) is 0.902. The smallest absolute Gasteiger partial charge is 0.310 e. The van der Waals surface area contributed by atoms with Gasteiger partial charge in [-0.15, -0.1) is 0 Å². The minimum Gasteiger partial charge on any atom is -0.497 e. The Labute approximate surface area is 217 Å². The molecule has 7 heteroatoms. The molecule has 0 saturated carbocycles. The average molecular weight is 503 g/mol. The maximum Gasteiger partial charge on any atom is 0.310 e. The predicted octanol–water partition coefficient (Wildman–Crippen LogP) is 6.07. The molecule has 3 aromatic carbocycles. The zero-order chi connectivity index (χ0) is 26.4. The summed E-state index contributed by atoms with van der Waals surface area (Å²) in [6, 6.07) is 18.1. The molecular weight excluding hydrogens is 468 g/mol. The molecule has 1 heterocycles. The van der Waals surface area contributed by atoms with E-state index in [1.165, 1.54) is 0 Å². The van der Waals surface area contributed by atoms with Crippen molar-refractivity contribution in [1.82, 2.24) is 0 Å². The minimum atomic E-state index is -0.306. The molecule has 0 bridgehead atoms. The van der Waals surface area contributed by atoms with Crippen LogP contribution >= 0.6 is 0 Å². The van der Waals surface area contributed by atoms with Crippen LogP contribution in [-0.2, 0) is 29.1 Å². The highest BCUT2D eigenvalue weighted by molar-refractivity contribution is 5.96. The van der Waals surface area contributed by atoms with Gasteiger partial charge in [-0.2, -0.15) is 0 Å². The molecule has 0 aliphatic rings. The number of methoxy groups -OCH3 is 1. The summed E-state index contributed by atoms with van der Waals surface area (Å²) in [7, 11) is 1.60. The molecule has 1 aromatic heterocycles. The maximum atomic E-state index is 12.1. The van der Waals surface area contributed by atoms with E-state index in [1.54, 1.807) is 32.4 Å². The van der Waals surface area contributed by atoms with Crippen molar-refractivity contribution in [2.45, 2.75) is 46.4 Å². The molecule has 0 aliphatic carbocycles. The number of carbonyl (C=O) groups excluding carboxylic acids is 1. The second kappa shape index (κ2) is 11.8. The lowest BCUT2D eigenvalue weighted by Crippen LogP contribution is -2.10. The van der Waals surface area contributed by atoms with Gasteiger partial charge in [0.05, 0.1) is 32.1 Å². The molecule has 0 aliphatic heterocycles. The molecule has 0 saturated heterocycles. The first-order valence-electron chi connectivity index (χ1n) is 12.5. The molecule has 0 fully saturated rings. The monoisotopic (exact) mass is 502 g/mol. The highest BCUT2D eigenvalue weighted by Crippen LogP contribution is 2.36. The van der Waals surface area contributed by atoms with Gasteiger partial charge >= 0.3 is 5.97 Å². The Morgan fingerprint density at radius 3 is 2.62 bits per heavy atom. The lowest BCUT2D eigenvalue weighted by atomic mass is 9.99. The van der Waals surface area contributed by atoms with E-state index >= 15 is 0 Å².